The van der Waals surface area contributed by atoms with Crippen LogP contribution in [0.1, 0.15) is 25.0 Å². The summed E-state index contributed by atoms with van der Waals surface area (Å²) in [4.78, 5) is 4.29. The van der Waals surface area contributed by atoms with Gasteiger partial charge in [-0.3, -0.25) is 0 Å². The molecule has 0 aliphatic carbocycles. The molecule has 1 aliphatic heterocycles. The summed E-state index contributed by atoms with van der Waals surface area (Å²) < 4.78 is 19.5. The maximum atomic E-state index is 13.7. The molecular formula is C23H22Cl2FN3O. The Labute approximate surface area is 185 Å². The lowest BCUT2D eigenvalue weighted by molar-refractivity contribution is 0.322. The third-order valence-electron chi connectivity index (χ3n) is 5.43. The molecule has 2 aromatic carbocycles. The summed E-state index contributed by atoms with van der Waals surface area (Å²) in [6, 6.07) is 10.9. The van der Waals surface area contributed by atoms with Crippen molar-refractivity contribution in [1.82, 2.24) is 4.98 Å². The second kappa shape index (κ2) is 7.97. The van der Waals surface area contributed by atoms with E-state index in [0.29, 0.717) is 28.6 Å². The molecule has 0 saturated carbocycles. The number of nitrogens with two attached hydrogens (primary N) is 1. The predicted molar refractivity (Wildman–Crippen MR) is 121 cm³/mol. The molecule has 7 heteroatoms. The molecule has 4 rings (SSSR count). The Morgan fingerprint density at radius 2 is 1.97 bits per heavy atom. The highest BCUT2D eigenvalue weighted by molar-refractivity contribution is 6.36. The average molecular weight is 446 g/mol. The summed E-state index contributed by atoms with van der Waals surface area (Å²) in [5.41, 5.74) is 11.0. The monoisotopic (exact) mass is 445 g/mol. The van der Waals surface area contributed by atoms with Crippen molar-refractivity contribution >= 4 is 34.7 Å². The van der Waals surface area contributed by atoms with Gasteiger partial charge in [-0.05, 0) is 47.0 Å². The van der Waals surface area contributed by atoms with Gasteiger partial charge in [-0.1, -0.05) is 43.1 Å². The van der Waals surface area contributed by atoms with Gasteiger partial charge in [0, 0.05) is 40.9 Å². The topological polar surface area (TPSA) is 60.2 Å². The fourth-order valence-electron chi connectivity index (χ4n) is 3.64. The highest BCUT2D eigenvalue weighted by Crippen LogP contribution is 2.39. The molecule has 0 radical (unpaired) electrons. The van der Waals surface area contributed by atoms with Crippen molar-refractivity contribution in [1.29, 1.82) is 0 Å². The van der Waals surface area contributed by atoms with Crippen molar-refractivity contribution in [2.45, 2.75) is 25.7 Å². The van der Waals surface area contributed by atoms with E-state index in [1.54, 1.807) is 6.20 Å². The molecule has 0 amide bonds. The van der Waals surface area contributed by atoms with Gasteiger partial charge in [0.05, 0.1) is 11.6 Å². The summed E-state index contributed by atoms with van der Waals surface area (Å²) in [7, 11) is 0. The number of nitrogens with one attached hydrogen (secondary N) is 1. The van der Waals surface area contributed by atoms with E-state index in [1.165, 1.54) is 17.7 Å². The Morgan fingerprint density at radius 1 is 1.17 bits per heavy atom. The third kappa shape index (κ3) is 3.92. The first kappa shape index (κ1) is 20.8. The SMILES string of the molecule is CC1(C)CNc2ccc(-c3cnc(N)c(OCCc4c(Cl)ccc(F)c4Cl)c3)cc21. The van der Waals surface area contributed by atoms with E-state index in [0.717, 1.165) is 23.4 Å². The van der Waals surface area contributed by atoms with Crippen molar-refractivity contribution in [2.24, 2.45) is 0 Å². The van der Waals surface area contributed by atoms with Crippen molar-refractivity contribution in [3.8, 4) is 16.9 Å². The minimum atomic E-state index is -0.506. The Hall–Kier alpha value is -2.50. The highest BCUT2D eigenvalue weighted by Gasteiger charge is 2.29. The number of halogens is 3. The quantitative estimate of drug-likeness (QED) is 0.465. The Morgan fingerprint density at radius 3 is 2.77 bits per heavy atom. The normalized spacial score (nSPS) is 14.3. The van der Waals surface area contributed by atoms with E-state index in [2.05, 4.69) is 42.3 Å². The predicted octanol–water partition coefficient (Wildman–Crippen LogP) is 6.10. The molecule has 0 fully saturated rings. The van der Waals surface area contributed by atoms with Gasteiger partial charge in [0.15, 0.2) is 11.6 Å². The Bertz CT molecular complexity index is 1120. The number of fused-ring (bicyclic) bond motifs is 1. The molecular weight excluding hydrogens is 424 g/mol. The first-order valence-corrected chi connectivity index (χ1v) is 10.4. The van der Waals surface area contributed by atoms with Crippen molar-refractivity contribution < 1.29 is 9.13 Å². The van der Waals surface area contributed by atoms with Crippen LogP contribution in [-0.4, -0.2) is 18.1 Å². The van der Waals surface area contributed by atoms with E-state index in [4.69, 9.17) is 33.7 Å². The van der Waals surface area contributed by atoms with Gasteiger partial charge in [0.2, 0.25) is 0 Å². The summed E-state index contributed by atoms with van der Waals surface area (Å²) in [6.07, 6.45) is 2.08. The maximum absolute atomic E-state index is 13.7. The zero-order chi connectivity index (χ0) is 21.5. The van der Waals surface area contributed by atoms with Gasteiger partial charge in [0.25, 0.3) is 0 Å². The molecule has 30 heavy (non-hydrogen) atoms. The zero-order valence-corrected chi connectivity index (χ0v) is 18.2. The first-order valence-electron chi connectivity index (χ1n) is 9.66. The third-order valence-corrected chi connectivity index (χ3v) is 6.20. The van der Waals surface area contributed by atoms with Crippen LogP contribution in [0.3, 0.4) is 0 Å². The number of nitrogens with zero attached hydrogens (tertiary/aromatic N) is 1. The van der Waals surface area contributed by atoms with Crippen molar-refractivity contribution in [3.63, 3.8) is 0 Å². The number of pyridine rings is 1. The molecule has 156 valence electrons. The molecule has 4 nitrogen and oxygen atoms in total. The molecule has 3 N–H and O–H groups in total. The molecule has 0 saturated heterocycles. The summed E-state index contributed by atoms with van der Waals surface area (Å²) in [5.74, 6) is 0.251. The van der Waals surface area contributed by atoms with Crippen molar-refractivity contribution in [2.75, 3.05) is 24.2 Å². The summed E-state index contributed by atoms with van der Waals surface area (Å²) >= 11 is 12.2. The van der Waals surface area contributed by atoms with Crippen LogP contribution < -0.4 is 15.8 Å². The van der Waals surface area contributed by atoms with Crippen LogP contribution in [0.4, 0.5) is 15.9 Å². The van der Waals surface area contributed by atoms with E-state index in [-0.39, 0.29) is 17.0 Å². The van der Waals surface area contributed by atoms with E-state index >= 15 is 0 Å². The van der Waals surface area contributed by atoms with Gasteiger partial charge in [-0.15, -0.1) is 0 Å². The van der Waals surface area contributed by atoms with Crippen LogP contribution in [0, 0.1) is 5.82 Å². The number of rotatable bonds is 5. The van der Waals surface area contributed by atoms with Crippen molar-refractivity contribution in [3.05, 3.63) is 69.6 Å². The van der Waals surface area contributed by atoms with Gasteiger partial charge >= 0.3 is 0 Å². The minimum Gasteiger partial charge on any atom is -0.489 e. The highest BCUT2D eigenvalue weighted by atomic mass is 35.5. The van der Waals surface area contributed by atoms with Gasteiger partial charge < -0.3 is 15.8 Å². The second-order valence-corrected chi connectivity index (χ2v) is 8.81. The van der Waals surface area contributed by atoms with Gasteiger partial charge in [0.1, 0.15) is 5.82 Å². The molecule has 0 unspecified atom stereocenters. The van der Waals surface area contributed by atoms with Crippen LogP contribution in [-0.2, 0) is 11.8 Å². The fraction of sp³-hybridized carbons (Fsp3) is 0.261. The molecule has 3 aromatic rings. The lowest BCUT2D eigenvalue weighted by Gasteiger charge is -2.18. The summed E-state index contributed by atoms with van der Waals surface area (Å²) in [5, 5.41) is 3.85. The molecule has 0 bridgehead atoms. The fourth-order valence-corrected chi connectivity index (χ4v) is 4.20. The van der Waals surface area contributed by atoms with Gasteiger partial charge in [-0.2, -0.15) is 0 Å². The Balaban J connectivity index is 1.54. The Kier molecular flexibility index (Phi) is 5.51. The number of hydrogen-bond acceptors (Lipinski definition) is 4. The summed E-state index contributed by atoms with van der Waals surface area (Å²) in [6.45, 7) is 5.58. The molecule has 1 aromatic heterocycles. The number of nitrogen functional groups attached to an aromatic ring is 1. The lowest BCUT2D eigenvalue weighted by Crippen LogP contribution is -2.18. The van der Waals surface area contributed by atoms with E-state index < -0.39 is 5.82 Å². The average Bonchev–Trinajstić information content (AvgIpc) is 3.03. The lowest BCUT2D eigenvalue weighted by atomic mass is 9.85. The molecule has 0 atom stereocenters. The second-order valence-electron chi connectivity index (χ2n) is 8.03. The van der Waals surface area contributed by atoms with Crippen LogP contribution in [0.25, 0.3) is 11.1 Å². The molecule has 1 aliphatic rings. The smallest absolute Gasteiger partial charge is 0.166 e. The van der Waals surface area contributed by atoms with Crippen LogP contribution in [0.15, 0.2) is 42.6 Å². The van der Waals surface area contributed by atoms with Crippen LogP contribution in [0.2, 0.25) is 10.0 Å². The number of hydrogen-bond donors (Lipinski definition) is 2. The number of anilines is 2. The molecule has 0 spiro atoms. The van der Waals surface area contributed by atoms with Crippen LogP contribution in [0.5, 0.6) is 5.75 Å². The van der Waals surface area contributed by atoms with E-state index in [1.807, 2.05) is 6.07 Å². The van der Waals surface area contributed by atoms with Crippen LogP contribution >= 0.6 is 23.2 Å². The largest absolute Gasteiger partial charge is 0.489 e. The standard InChI is InChI=1S/C23H22Cl2FN3O/c1-23(2)12-29-19-6-3-13(9-16(19)23)14-10-20(22(27)28-11-14)30-8-7-15-17(24)4-5-18(26)21(15)25/h3-6,9-11,29H,7-8,12H2,1-2H3,(H2,27,28). The number of aromatic nitrogens is 1. The first-order chi connectivity index (χ1) is 14.3. The van der Waals surface area contributed by atoms with E-state index in [9.17, 15) is 4.39 Å². The number of benzene rings is 2. The van der Waals surface area contributed by atoms with Gasteiger partial charge in [-0.25, -0.2) is 9.37 Å². The maximum Gasteiger partial charge on any atom is 0.166 e. The number of ether oxygens (including phenoxy) is 1. The zero-order valence-electron chi connectivity index (χ0n) is 16.7. The molecule has 2 heterocycles. The minimum absolute atomic E-state index is 0.0142.